The minimum Gasteiger partial charge on any atom is -0.465 e. The van der Waals surface area contributed by atoms with E-state index in [1.165, 1.54) is 24.7 Å². The van der Waals surface area contributed by atoms with Crippen LogP contribution in [0.2, 0.25) is 0 Å². The monoisotopic (exact) mass is 329 g/mol. The van der Waals surface area contributed by atoms with Gasteiger partial charge in [-0.15, -0.1) is 0 Å². The number of allylic oxidation sites excluding steroid dienone is 3. The van der Waals surface area contributed by atoms with E-state index >= 15 is 0 Å². The van der Waals surface area contributed by atoms with E-state index < -0.39 is 0 Å². The van der Waals surface area contributed by atoms with Crippen LogP contribution in [0, 0.1) is 0 Å². The maximum atomic E-state index is 11.5. The summed E-state index contributed by atoms with van der Waals surface area (Å²) in [5, 5.41) is 0.439. The molecule has 1 fully saturated rings. The van der Waals surface area contributed by atoms with Crippen LogP contribution in [0.5, 0.6) is 0 Å². The molecule has 1 atom stereocenters. The van der Waals surface area contributed by atoms with Gasteiger partial charge in [0.2, 0.25) is 0 Å². The molecule has 1 aromatic rings. The SMILES string of the molecule is C=C/C=C(\C=C)C1CCCN(Cc2ccc(C(=O)OC)cc2)S1. The number of hydrogen-bond acceptors (Lipinski definition) is 4. The van der Waals surface area contributed by atoms with Gasteiger partial charge in [-0.3, -0.25) is 0 Å². The molecule has 0 amide bonds. The van der Waals surface area contributed by atoms with Crippen molar-refractivity contribution in [2.45, 2.75) is 24.6 Å². The van der Waals surface area contributed by atoms with Crippen molar-refractivity contribution in [1.82, 2.24) is 4.31 Å². The first-order valence-corrected chi connectivity index (χ1v) is 8.55. The fourth-order valence-electron chi connectivity index (χ4n) is 2.59. The Kier molecular flexibility index (Phi) is 6.68. The number of esters is 1. The summed E-state index contributed by atoms with van der Waals surface area (Å²) in [6.45, 7) is 9.61. The number of carbonyl (C=O) groups is 1. The predicted molar refractivity (Wildman–Crippen MR) is 97.3 cm³/mol. The van der Waals surface area contributed by atoms with Gasteiger partial charge in [-0.2, -0.15) is 0 Å². The van der Waals surface area contributed by atoms with Gasteiger partial charge in [0.05, 0.1) is 12.7 Å². The van der Waals surface area contributed by atoms with Gasteiger partial charge in [0.1, 0.15) is 0 Å². The second kappa shape index (κ2) is 8.75. The summed E-state index contributed by atoms with van der Waals surface area (Å²) >= 11 is 1.87. The van der Waals surface area contributed by atoms with Gasteiger partial charge in [-0.1, -0.05) is 55.5 Å². The summed E-state index contributed by atoms with van der Waals surface area (Å²) in [6.07, 6.45) is 8.11. The van der Waals surface area contributed by atoms with E-state index in [2.05, 4.69) is 17.5 Å². The molecule has 1 aromatic carbocycles. The van der Waals surface area contributed by atoms with Gasteiger partial charge in [0, 0.05) is 18.3 Å². The third kappa shape index (κ3) is 4.85. The molecule has 0 radical (unpaired) electrons. The molecule has 3 nitrogen and oxygen atoms in total. The summed E-state index contributed by atoms with van der Waals surface area (Å²) in [4.78, 5) is 11.5. The normalized spacial score (nSPS) is 19.2. The van der Waals surface area contributed by atoms with Crippen molar-refractivity contribution >= 4 is 17.9 Å². The lowest BCUT2D eigenvalue weighted by Gasteiger charge is -2.32. The molecule has 0 saturated carbocycles. The number of methoxy groups -OCH3 is 1. The first-order chi connectivity index (χ1) is 11.2. The standard InChI is InChI=1S/C19H23NO2S/c1-4-7-16(5-2)18-8-6-13-20(23-18)14-15-9-11-17(12-10-15)19(21)22-3/h4-5,7,9-12,18H,1-2,6,8,13-14H2,3H3/b16-7+. The molecule has 0 N–H and O–H groups in total. The fourth-order valence-corrected chi connectivity index (χ4v) is 3.98. The van der Waals surface area contributed by atoms with Crippen molar-refractivity contribution in [3.63, 3.8) is 0 Å². The Morgan fingerprint density at radius 1 is 1.39 bits per heavy atom. The minimum absolute atomic E-state index is 0.297. The predicted octanol–water partition coefficient (Wildman–Crippen LogP) is 4.38. The molecule has 1 aliphatic rings. The molecular formula is C19H23NO2S. The Morgan fingerprint density at radius 3 is 2.74 bits per heavy atom. The van der Waals surface area contributed by atoms with Crippen LogP contribution < -0.4 is 0 Å². The lowest BCUT2D eigenvalue weighted by Crippen LogP contribution is -2.27. The van der Waals surface area contributed by atoms with Crippen LogP contribution >= 0.6 is 11.9 Å². The van der Waals surface area contributed by atoms with Crippen LogP contribution in [0.25, 0.3) is 0 Å². The smallest absolute Gasteiger partial charge is 0.337 e. The van der Waals surface area contributed by atoms with Gasteiger partial charge in [0.25, 0.3) is 0 Å². The third-order valence-electron chi connectivity index (χ3n) is 3.80. The summed E-state index contributed by atoms with van der Waals surface area (Å²) in [5.74, 6) is -0.297. The maximum Gasteiger partial charge on any atom is 0.337 e. The molecule has 122 valence electrons. The average molecular weight is 329 g/mol. The zero-order valence-electron chi connectivity index (χ0n) is 13.5. The lowest BCUT2D eigenvalue weighted by atomic mass is 10.1. The van der Waals surface area contributed by atoms with Crippen LogP contribution in [0.4, 0.5) is 0 Å². The molecule has 0 aromatic heterocycles. The Bertz CT molecular complexity index is 592. The zero-order chi connectivity index (χ0) is 16.7. The van der Waals surface area contributed by atoms with E-state index in [4.69, 9.17) is 4.74 Å². The van der Waals surface area contributed by atoms with Gasteiger partial charge in [-0.25, -0.2) is 9.10 Å². The molecule has 23 heavy (non-hydrogen) atoms. The lowest BCUT2D eigenvalue weighted by molar-refractivity contribution is 0.0600. The first-order valence-electron chi connectivity index (χ1n) is 7.72. The number of nitrogens with zero attached hydrogens (tertiary/aromatic N) is 1. The molecule has 1 aliphatic heterocycles. The van der Waals surface area contributed by atoms with Crippen molar-refractivity contribution < 1.29 is 9.53 Å². The summed E-state index contributed by atoms with van der Waals surface area (Å²) < 4.78 is 7.10. The van der Waals surface area contributed by atoms with E-state index in [1.54, 1.807) is 0 Å². The number of ether oxygens (including phenoxy) is 1. The highest BCUT2D eigenvalue weighted by Gasteiger charge is 2.22. The van der Waals surface area contributed by atoms with E-state index in [9.17, 15) is 4.79 Å². The molecular weight excluding hydrogens is 306 g/mol. The van der Waals surface area contributed by atoms with E-state index in [-0.39, 0.29) is 5.97 Å². The fraction of sp³-hybridized carbons (Fsp3) is 0.316. The molecule has 1 saturated heterocycles. The van der Waals surface area contributed by atoms with Crippen molar-refractivity contribution in [2.75, 3.05) is 13.7 Å². The Morgan fingerprint density at radius 2 is 2.13 bits per heavy atom. The van der Waals surface area contributed by atoms with Crippen LogP contribution in [-0.4, -0.2) is 29.2 Å². The Labute approximate surface area is 142 Å². The Balaban J connectivity index is 1.99. The van der Waals surface area contributed by atoms with E-state index in [0.29, 0.717) is 10.8 Å². The highest BCUT2D eigenvalue weighted by atomic mass is 32.2. The maximum absolute atomic E-state index is 11.5. The third-order valence-corrected chi connectivity index (χ3v) is 5.17. The number of carbonyl (C=O) groups excluding carboxylic acids is 1. The van der Waals surface area contributed by atoms with Crippen LogP contribution in [0.3, 0.4) is 0 Å². The number of benzene rings is 1. The summed E-state index contributed by atoms with van der Waals surface area (Å²) in [6, 6.07) is 7.62. The average Bonchev–Trinajstić information content (AvgIpc) is 2.60. The molecule has 2 rings (SSSR count). The van der Waals surface area contributed by atoms with Crippen molar-refractivity contribution in [1.29, 1.82) is 0 Å². The molecule has 1 unspecified atom stereocenters. The van der Waals surface area contributed by atoms with Gasteiger partial charge in [-0.05, 0) is 36.1 Å². The van der Waals surface area contributed by atoms with Crippen molar-refractivity contribution in [2.24, 2.45) is 0 Å². The zero-order valence-corrected chi connectivity index (χ0v) is 14.3. The highest BCUT2D eigenvalue weighted by molar-refractivity contribution is 7.97. The topological polar surface area (TPSA) is 29.5 Å². The molecule has 0 bridgehead atoms. The summed E-state index contributed by atoms with van der Waals surface area (Å²) in [7, 11) is 1.40. The molecule has 4 heteroatoms. The van der Waals surface area contributed by atoms with Crippen molar-refractivity contribution in [3.8, 4) is 0 Å². The first kappa shape index (κ1) is 17.6. The van der Waals surface area contributed by atoms with Crippen LogP contribution in [-0.2, 0) is 11.3 Å². The van der Waals surface area contributed by atoms with E-state index in [0.717, 1.165) is 19.5 Å². The number of rotatable bonds is 6. The van der Waals surface area contributed by atoms with Gasteiger partial charge in [0.15, 0.2) is 0 Å². The molecule has 0 aliphatic carbocycles. The molecule has 1 heterocycles. The molecule has 0 spiro atoms. The second-order valence-corrected chi connectivity index (χ2v) is 6.69. The Hall–Kier alpha value is -1.78. The van der Waals surface area contributed by atoms with Crippen molar-refractivity contribution in [3.05, 3.63) is 72.4 Å². The highest BCUT2D eigenvalue weighted by Crippen LogP contribution is 2.33. The quantitative estimate of drug-likeness (QED) is 0.440. The van der Waals surface area contributed by atoms with Gasteiger partial charge < -0.3 is 4.74 Å². The number of hydrogen-bond donors (Lipinski definition) is 0. The van der Waals surface area contributed by atoms with Crippen LogP contribution in [0.1, 0.15) is 28.8 Å². The van der Waals surface area contributed by atoms with Crippen LogP contribution in [0.15, 0.2) is 61.2 Å². The van der Waals surface area contributed by atoms with E-state index in [1.807, 2.05) is 54.4 Å². The second-order valence-electron chi connectivity index (χ2n) is 5.39. The summed E-state index contributed by atoms with van der Waals surface area (Å²) in [5.41, 5.74) is 3.01. The minimum atomic E-state index is -0.297. The largest absolute Gasteiger partial charge is 0.465 e. The van der Waals surface area contributed by atoms with Gasteiger partial charge >= 0.3 is 5.97 Å².